The first kappa shape index (κ1) is 13.9. The summed E-state index contributed by atoms with van der Waals surface area (Å²) in [6, 6.07) is 8.94. The van der Waals surface area contributed by atoms with Gasteiger partial charge in [-0.25, -0.2) is 8.42 Å². The number of benzene rings is 1. The van der Waals surface area contributed by atoms with Crippen molar-refractivity contribution in [2.45, 2.75) is 18.9 Å². The Hall–Kier alpha value is -1.20. The molecule has 0 fully saturated rings. The van der Waals surface area contributed by atoms with E-state index < -0.39 is 9.84 Å². The number of Topliss-reactive ketones (excluding diaryl/α,β-unsaturated/α-hetero) is 1. The summed E-state index contributed by atoms with van der Waals surface area (Å²) in [6.45, 7) is 0. The molecule has 0 aliphatic heterocycles. The van der Waals surface area contributed by atoms with Gasteiger partial charge < -0.3 is 5.73 Å². The second kappa shape index (κ2) is 5.93. The zero-order valence-corrected chi connectivity index (χ0v) is 10.6. The van der Waals surface area contributed by atoms with Gasteiger partial charge >= 0.3 is 0 Å². The molecule has 0 heterocycles. The first-order chi connectivity index (χ1) is 7.88. The van der Waals surface area contributed by atoms with Crippen molar-refractivity contribution in [1.29, 1.82) is 0 Å². The number of carbonyl (C=O) groups is 1. The molecule has 2 N–H and O–H groups in total. The highest BCUT2D eigenvalue weighted by Crippen LogP contribution is 2.14. The molecule has 0 spiro atoms. The highest BCUT2D eigenvalue weighted by Gasteiger charge is 2.13. The van der Waals surface area contributed by atoms with Crippen LogP contribution in [0, 0.1) is 0 Å². The Morgan fingerprint density at radius 2 is 1.88 bits per heavy atom. The molecule has 1 aromatic rings. The summed E-state index contributed by atoms with van der Waals surface area (Å²) in [5, 5.41) is 0. The third kappa shape index (κ3) is 5.60. The Labute approximate surface area is 102 Å². The van der Waals surface area contributed by atoms with E-state index in [1.165, 1.54) is 0 Å². The molecule has 17 heavy (non-hydrogen) atoms. The lowest BCUT2D eigenvalue weighted by molar-refractivity contribution is -0.119. The molecule has 0 aliphatic carbocycles. The van der Waals surface area contributed by atoms with Crippen LogP contribution < -0.4 is 5.73 Å². The number of sulfone groups is 1. The molecule has 5 heteroatoms. The maximum atomic E-state index is 11.5. The Morgan fingerprint density at radius 3 is 2.41 bits per heavy atom. The lowest BCUT2D eigenvalue weighted by atomic mass is 10.0. The molecule has 0 amide bonds. The van der Waals surface area contributed by atoms with Crippen molar-refractivity contribution in [2.24, 2.45) is 5.73 Å². The topological polar surface area (TPSA) is 77.2 Å². The van der Waals surface area contributed by atoms with Gasteiger partial charge in [-0.15, -0.1) is 0 Å². The zero-order chi connectivity index (χ0) is 12.9. The average molecular weight is 255 g/mol. The van der Waals surface area contributed by atoms with Crippen LogP contribution in [0.3, 0.4) is 0 Å². The van der Waals surface area contributed by atoms with Gasteiger partial charge in [0.2, 0.25) is 0 Å². The summed E-state index contributed by atoms with van der Waals surface area (Å²) in [5.41, 5.74) is 6.75. The number of hydrogen-bond acceptors (Lipinski definition) is 4. The Kier molecular flexibility index (Phi) is 4.84. The van der Waals surface area contributed by atoms with Gasteiger partial charge in [0.25, 0.3) is 0 Å². The van der Waals surface area contributed by atoms with Gasteiger partial charge in [0.15, 0.2) is 0 Å². The second-order valence-corrected chi connectivity index (χ2v) is 6.40. The van der Waals surface area contributed by atoms with Gasteiger partial charge in [-0.05, 0) is 5.56 Å². The van der Waals surface area contributed by atoms with Crippen molar-refractivity contribution < 1.29 is 13.2 Å². The summed E-state index contributed by atoms with van der Waals surface area (Å²) >= 11 is 0. The van der Waals surface area contributed by atoms with Gasteiger partial charge in [-0.3, -0.25) is 4.79 Å². The third-order valence-electron chi connectivity index (χ3n) is 2.43. The van der Waals surface area contributed by atoms with Crippen LogP contribution in [-0.2, 0) is 14.6 Å². The van der Waals surface area contributed by atoms with Crippen LogP contribution in [-0.4, -0.2) is 26.2 Å². The van der Waals surface area contributed by atoms with Crippen molar-refractivity contribution in [3.05, 3.63) is 35.9 Å². The SMILES string of the molecule is CS(=O)(=O)CCC(=O)CC(N)c1ccccc1. The van der Waals surface area contributed by atoms with Crippen molar-refractivity contribution in [3.63, 3.8) is 0 Å². The monoisotopic (exact) mass is 255 g/mol. The summed E-state index contributed by atoms with van der Waals surface area (Å²) in [7, 11) is -3.08. The summed E-state index contributed by atoms with van der Waals surface area (Å²) in [4.78, 5) is 11.5. The molecule has 0 aliphatic rings. The highest BCUT2D eigenvalue weighted by atomic mass is 32.2. The molecule has 1 atom stereocenters. The van der Waals surface area contributed by atoms with Crippen LogP contribution >= 0.6 is 0 Å². The minimum absolute atomic E-state index is 0.0410. The van der Waals surface area contributed by atoms with E-state index in [1.807, 2.05) is 30.3 Å². The summed E-state index contributed by atoms with van der Waals surface area (Å²) in [5.74, 6) is -0.223. The van der Waals surface area contributed by atoms with Crippen molar-refractivity contribution in [3.8, 4) is 0 Å². The van der Waals surface area contributed by atoms with E-state index in [2.05, 4.69) is 0 Å². The van der Waals surface area contributed by atoms with E-state index in [0.29, 0.717) is 0 Å². The van der Waals surface area contributed by atoms with Crippen LogP contribution in [0.15, 0.2) is 30.3 Å². The lowest BCUT2D eigenvalue weighted by Crippen LogP contribution is -2.17. The lowest BCUT2D eigenvalue weighted by Gasteiger charge is -2.10. The van der Waals surface area contributed by atoms with Crippen molar-refractivity contribution in [2.75, 3.05) is 12.0 Å². The number of ketones is 1. The summed E-state index contributed by atoms with van der Waals surface area (Å²) < 4.78 is 21.8. The molecule has 94 valence electrons. The van der Waals surface area contributed by atoms with E-state index in [1.54, 1.807) is 0 Å². The predicted octanol–water partition coefficient (Wildman–Crippen LogP) is 1.08. The molecule has 0 bridgehead atoms. The quantitative estimate of drug-likeness (QED) is 0.825. The number of rotatable bonds is 6. The maximum Gasteiger partial charge on any atom is 0.147 e. The van der Waals surface area contributed by atoms with Gasteiger partial charge in [0, 0.05) is 25.1 Å². The van der Waals surface area contributed by atoms with E-state index >= 15 is 0 Å². The fourth-order valence-corrected chi connectivity index (χ4v) is 2.06. The number of carbonyl (C=O) groups excluding carboxylic acids is 1. The minimum atomic E-state index is -3.08. The Balaban J connectivity index is 2.47. The van der Waals surface area contributed by atoms with Gasteiger partial charge in [0.05, 0.1) is 5.75 Å². The molecule has 0 saturated heterocycles. The van der Waals surface area contributed by atoms with E-state index in [9.17, 15) is 13.2 Å². The van der Waals surface area contributed by atoms with Gasteiger partial charge in [0.1, 0.15) is 15.6 Å². The fraction of sp³-hybridized carbons (Fsp3) is 0.417. The minimum Gasteiger partial charge on any atom is -0.324 e. The molecule has 0 radical (unpaired) electrons. The average Bonchev–Trinajstić information content (AvgIpc) is 2.27. The normalized spacial score (nSPS) is 13.3. The predicted molar refractivity (Wildman–Crippen MR) is 67.3 cm³/mol. The number of nitrogens with two attached hydrogens (primary N) is 1. The van der Waals surface area contributed by atoms with E-state index in [-0.39, 0.29) is 30.4 Å². The van der Waals surface area contributed by atoms with Crippen LogP contribution in [0.1, 0.15) is 24.4 Å². The molecule has 1 rings (SSSR count). The fourth-order valence-electron chi connectivity index (χ4n) is 1.46. The maximum absolute atomic E-state index is 11.5. The van der Waals surface area contributed by atoms with Crippen molar-refractivity contribution in [1.82, 2.24) is 0 Å². The zero-order valence-electron chi connectivity index (χ0n) is 9.80. The van der Waals surface area contributed by atoms with Gasteiger partial charge in [-0.1, -0.05) is 30.3 Å². The van der Waals surface area contributed by atoms with Crippen LogP contribution in [0.25, 0.3) is 0 Å². The second-order valence-electron chi connectivity index (χ2n) is 4.14. The van der Waals surface area contributed by atoms with Crippen molar-refractivity contribution >= 4 is 15.6 Å². The van der Waals surface area contributed by atoms with Gasteiger partial charge in [-0.2, -0.15) is 0 Å². The molecule has 0 saturated carbocycles. The molecule has 4 nitrogen and oxygen atoms in total. The van der Waals surface area contributed by atoms with Crippen LogP contribution in [0.4, 0.5) is 0 Å². The third-order valence-corrected chi connectivity index (χ3v) is 3.37. The largest absolute Gasteiger partial charge is 0.324 e. The molecule has 1 aromatic carbocycles. The van der Waals surface area contributed by atoms with E-state index in [0.717, 1.165) is 11.8 Å². The Morgan fingerprint density at radius 1 is 1.29 bits per heavy atom. The Bertz CT molecular complexity index is 468. The summed E-state index contributed by atoms with van der Waals surface area (Å²) in [6.07, 6.45) is 1.34. The standard InChI is InChI=1S/C12H17NO3S/c1-17(15,16)8-7-11(14)9-12(13)10-5-3-2-4-6-10/h2-6,12H,7-9,13H2,1H3. The highest BCUT2D eigenvalue weighted by molar-refractivity contribution is 7.90. The first-order valence-corrected chi connectivity index (χ1v) is 7.44. The molecule has 1 unspecified atom stereocenters. The first-order valence-electron chi connectivity index (χ1n) is 5.38. The number of hydrogen-bond donors (Lipinski definition) is 1. The van der Waals surface area contributed by atoms with E-state index in [4.69, 9.17) is 5.73 Å². The smallest absolute Gasteiger partial charge is 0.147 e. The van der Waals surface area contributed by atoms with Crippen LogP contribution in [0.5, 0.6) is 0 Å². The van der Waals surface area contributed by atoms with Crippen LogP contribution in [0.2, 0.25) is 0 Å². The molecular formula is C12H17NO3S. The molecule has 0 aromatic heterocycles. The molecular weight excluding hydrogens is 238 g/mol.